The van der Waals surface area contributed by atoms with Gasteiger partial charge in [0.15, 0.2) is 0 Å². The van der Waals surface area contributed by atoms with E-state index in [4.69, 9.17) is 0 Å². The topological polar surface area (TPSA) is 28.2 Å². The van der Waals surface area contributed by atoms with E-state index >= 15 is 0 Å². The summed E-state index contributed by atoms with van der Waals surface area (Å²) in [6.45, 7) is 2.12. The van der Waals surface area contributed by atoms with Crippen LogP contribution in [-0.2, 0) is 6.42 Å². The molecule has 0 saturated heterocycles. The highest BCUT2D eigenvalue weighted by Crippen LogP contribution is 2.35. The lowest BCUT2D eigenvalue weighted by molar-refractivity contribution is 1.04. The zero-order chi connectivity index (χ0) is 19.2. The number of pyridine rings is 1. The number of anilines is 5. The van der Waals surface area contributed by atoms with Gasteiger partial charge in [-0.2, -0.15) is 0 Å². The Labute approximate surface area is 166 Å². The number of nitrogens with one attached hydrogen (secondary N) is 1. The number of nitrogens with zero attached hydrogens (tertiary/aromatic N) is 2. The number of aryl methyl sites for hydroxylation is 1. The first-order chi connectivity index (χ1) is 13.8. The Morgan fingerprint density at radius 3 is 2.00 bits per heavy atom. The average molecular weight is 365 g/mol. The van der Waals surface area contributed by atoms with E-state index in [0.717, 1.165) is 40.6 Å². The largest absolute Gasteiger partial charge is 0.354 e. The summed E-state index contributed by atoms with van der Waals surface area (Å²) in [5, 5.41) is 3.53. The first-order valence-electron chi connectivity index (χ1n) is 9.56. The third-order valence-electron chi connectivity index (χ3n) is 4.64. The second-order valence-corrected chi connectivity index (χ2v) is 6.53. The fourth-order valence-corrected chi connectivity index (χ4v) is 3.31. The molecule has 138 valence electrons. The molecule has 0 unspecified atom stereocenters. The first-order valence-corrected chi connectivity index (χ1v) is 9.56. The maximum absolute atomic E-state index is 4.47. The van der Waals surface area contributed by atoms with E-state index in [1.54, 1.807) is 0 Å². The van der Waals surface area contributed by atoms with Crippen molar-refractivity contribution in [3.63, 3.8) is 0 Å². The van der Waals surface area contributed by atoms with Gasteiger partial charge in [0.25, 0.3) is 0 Å². The number of hydrogen-bond donors (Lipinski definition) is 1. The Morgan fingerprint density at radius 1 is 0.714 bits per heavy atom. The monoisotopic (exact) mass is 365 g/mol. The van der Waals surface area contributed by atoms with Crippen LogP contribution in [0.3, 0.4) is 0 Å². The predicted molar refractivity (Wildman–Crippen MR) is 118 cm³/mol. The highest BCUT2D eigenvalue weighted by molar-refractivity contribution is 5.79. The summed E-state index contributed by atoms with van der Waals surface area (Å²) in [6.07, 6.45) is 2.73. The van der Waals surface area contributed by atoms with Gasteiger partial charge in [-0.25, -0.2) is 0 Å². The van der Waals surface area contributed by atoms with E-state index in [0.29, 0.717) is 0 Å². The molecule has 0 spiro atoms. The van der Waals surface area contributed by atoms with Crippen molar-refractivity contribution in [1.82, 2.24) is 4.98 Å². The molecular weight excluding hydrogens is 342 g/mol. The molecule has 0 aliphatic carbocycles. The summed E-state index contributed by atoms with van der Waals surface area (Å²) in [5.74, 6) is 0. The Hall–Kier alpha value is -3.59. The van der Waals surface area contributed by atoms with Gasteiger partial charge >= 0.3 is 0 Å². The highest BCUT2D eigenvalue weighted by atomic mass is 15.1. The van der Waals surface area contributed by atoms with Gasteiger partial charge in [-0.3, -0.25) is 4.98 Å². The first kappa shape index (κ1) is 17.8. The molecule has 0 amide bonds. The minimum Gasteiger partial charge on any atom is -0.354 e. The molecule has 1 heterocycles. The van der Waals surface area contributed by atoms with Crippen molar-refractivity contribution < 1.29 is 0 Å². The summed E-state index contributed by atoms with van der Waals surface area (Å²) >= 11 is 0. The Kier molecular flexibility index (Phi) is 5.34. The van der Waals surface area contributed by atoms with E-state index in [1.165, 1.54) is 0 Å². The second kappa shape index (κ2) is 8.40. The lowest BCUT2D eigenvalue weighted by atomic mass is 10.1. The summed E-state index contributed by atoms with van der Waals surface area (Å²) in [7, 11) is 0. The molecule has 0 fully saturated rings. The summed E-state index contributed by atoms with van der Waals surface area (Å²) in [6, 6.07) is 33.4. The van der Waals surface area contributed by atoms with Gasteiger partial charge in [-0.05, 0) is 61.0 Å². The van der Waals surface area contributed by atoms with Crippen LogP contribution in [0.1, 0.15) is 12.6 Å². The average Bonchev–Trinajstić information content (AvgIpc) is 2.76. The van der Waals surface area contributed by atoms with Crippen molar-refractivity contribution in [2.75, 3.05) is 10.2 Å². The van der Waals surface area contributed by atoms with Gasteiger partial charge in [-0.15, -0.1) is 0 Å². The zero-order valence-electron chi connectivity index (χ0n) is 15.9. The fourth-order valence-electron chi connectivity index (χ4n) is 3.31. The molecule has 0 aliphatic heterocycles. The predicted octanol–water partition coefficient (Wildman–Crippen LogP) is 6.86. The summed E-state index contributed by atoms with van der Waals surface area (Å²) in [4.78, 5) is 6.73. The molecule has 3 aromatic carbocycles. The third kappa shape index (κ3) is 3.89. The van der Waals surface area contributed by atoms with Gasteiger partial charge in [0.1, 0.15) is 0 Å². The van der Waals surface area contributed by atoms with Gasteiger partial charge in [0.05, 0.1) is 11.4 Å². The second-order valence-electron chi connectivity index (χ2n) is 6.53. The van der Waals surface area contributed by atoms with Gasteiger partial charge in [0, 0.05) is 28.9 Å². The van der Waals surface area contributed by atoms with Gasteiger partial charge < -0.3 is 10.2 Å². The van der Waals surface area contributed by atoms with E-state index in [9.17, 15) is 0 Å². The smallest absolute Gasteiger partial charge is 0.0635 e. The van der Waals surface area contributed by atoms with E-state index in [2.05, 4.69) is 101 Å². The Bertz CT molecular complexity index is 990. The summed E-state index contributed by atoms with van der Waals surface area (Å²) in [5.41, 5.74) is 6.51. The molecule has 3 heteroatoms. The number of para-hydroxylation sites is 2. The van der Waals surface area contributed by atoms with Crippen molar-refractivity contribution in [3.05, 3.63) is 109 Å². The van der Waals surface area contributed by atoms with Gasteiger partial charge in [-0.1, -0.05) is 49.4 Å². The van der Waals surface area contributed by atoms with Crippen molar-refractivity contribution in [1.29, 1.82) is 0 Å². The van der Waals surface area contributed by atoms with Crippen LogP contribution in [0.25, 0.3) is 0 Å². The molecule has 28 heavy (non-hydrogen) atoms. The minimum atomic E-state index is 0.892. The van der Waals surface area contributed by atoms with Crippen LogP contribution in [0.5, 0.6) is 0 Å². The molecule has 0 atom stereocenters. The van der Waals surface area contributed by atoms with Crippen molar-refractivity contribution in [3.8, 4) is 0 Å². The minimum absolute atomic E-state index is 0.892. The summed E-state index contributed by atoms with van der Waals surface area (Å²) < 4.78 is 0. The molecule has 4 aromatic rings. The zero-order valence-corrected chi connectivity index (χ0v) is 15.9. The number of benzene rings is 3. The van der Waals surface area contributed by atoms with Crippen molar-refractivity contribution >= 4 is 28.4 Å². The lowest BCUT2D eigenvalue weighted by Gasteiger charge is -2.26. The molecule has 1 aromatic heterocycles. The molecule has 0 radical (unpaired) electrons. The van der Waals surface area contributed by atoms with Crippen LogP contribution in [0.15, 0.2) is 103 Å². The van der Waals surface area contributed by atoms with E-state index in [-0.39, 0.29) is 0 Å². The Morgan fingerprint density at radius 2 is 1.36 bits per heavy atom. The van der Waals surface area contributed by atoms with Crippen LogP contribution >= 0.6 is 0 Å². The highest BCUT2D eigenvalue weighted by Gasteiger charge is 2.12. The van der Waals surface area contributed by atoms with E-state index < -0.39 is 0 Å². The van der Waals surface area contributed by atoms with Gasteiger partial charge in [0.2, 0.25) is 0 Å². The molecule has 3 nitrogen and oxygen atoms in total. The quantitative estimate of drug-likeness (QED) is 0.405. The molecule has 0 saturated carbocycles. The molecule has 0 aliphatic rings. The van der Waals surface area contributed by atoms with Crippen LogP contribution in [0.2, 0.25) is 0 Å². The van der Waals surface area contributed by atoms with Crippen LogP contribution < -0.4 is 10.2 Å². The molecular formula is C25H23N3. The van der Waals surface area contributed by atoms with Crippen LogP contribution in [0, 0.1) is 0 Å². The van der Waals surface area contributed by atoms with Crippen molar-refractivity contribution in [2.45, 2.75) is 13.3 Å². The maximum atomic E-state index is 4.47. The lowest BCUT2D eigenvalue weighted by Crippen LogP contribution is -2.10. The molecule has 0 bridgehead atoms. The third-order valence-corrected chi connectivity index (χ3v) is 4.64. The number of hydrogen-bond acceptors (Lipinski definition) is 3. The normalized spacial score (nSPS) is 10.5. The van der Waals surface area contributed by atoms with Crippen LogP contribution in [0.4, 0.5) is 28.4 Å². The Balaban J connectivity index is 1.73. The van der Waals surface area contributed by atoms with Crippen molar-refractivity contribution in [2.24, 2.45) is 0 Å². The standard InChI is InChI=1S/C25H23N3/c1-2-24-25(17-10-18-26-24)27-20-11-9-16-23(19-20)28(21-12-5-3-6-13-21)22-14-7-4-8-15-22/h3-19,27H,2H2,1H3. The number of rotatable bonds is 6. The maximum Gasteiger partial charge on any atom is 0.0635 e. The molecule has 4 rings (SSSR count). The van der Waals surface area contributed by atoms with E-state index in [1.807, 2.05) is 24.4 Å². The number of aromatic nitrogens is 1. The molecule has 1 N–H and O–H groups in total. The van der Waals surface area contributed by atoms with Crippen LogP contribution in [-0.4, -0.2) is 4.98 Å². The fraction of sp³-hybridized carbons (Fsp3) is 0.0800. The SMILES string of the molecule is CCc1ncccc1Nc1cccc(N(c2ccccc2)c2ccccc2)c1.